The molecule has 0 N–H and O–H groups in total. The Bertz CT molecular complexity index is 4140. The maximum absolute atomic E-state index is 2.54. The van der Waals surface area contributed by atoms with Gasteiger partial charge in [-0.15, -0.1) is 11.3 Å². The van der Waals surface area contributed by atoms with Crippen LogP contribution in [-0.2, 0) is 10.8 Å². The first-order valence-electron chi connectivity index (χ1n) is 24.7. The number of benzene rings is 11. The Morgan fingerprint density at radius 1 is 0.310 bits per heavy atom. The molecule has 3 aliphatic carbocycles. The average molecular weight is 919 g/mol. The quantitative estimate of drug-likeness (QED) is 0.170. The topological polar surface area (TPSA) is 6.48 Å². The highest BCUT2D eigenvalue weighted by Crippen LogP contribution is 2.66. The molecule has 0 saturated carbocycles. The zero-order chi connectivity index (χ0) is 46.4. The number of rotatable bonds is 5. The lowest BCUT2D eigenvalue weighted by Crippen LogP contribution is -2.36. The lowest BCUT2D eigenvalue weighted by molar-refractivity contribution is 0.753. The predicted octanol–water partition coefficient (Wildman–Crippen LogP) is 18.0. The van der Waals surface area contributed by atoms with Crippen LogP contribution in [0, 0.1) is 0 Å². The maximum Gasteiger partial charge on any atom is 0.0755 e. The Labute approximate surface area is 416 Å². The van der Waals surface area contributed by atoms with Crippen LogP contribution in [0.2, 0.25) is 0 Å². The fourth-order valence-corrected chi connectivity index (χ4v) is 14.8. The summed E-state index contributed by atoms with van der Waals surface area (Å²) in [6.07, 6.45) is 0. The molecule has 11 aromatic carbocycles. The fraction of sp³-hybridized carbons (Fsp3) is 0.0294. The number of para-hydroxylation sites is 2. The zero-order valence-corrected chi connectivity index (χ0v) is 39.4. The summed E-state index contributed by atoms with van der Waals surface area (Å²) in [5, 5.41) is 2.59. The molecule has 12 aromatic rings. The van der Waals surface area contributed by atoms with E-state index in [9.17, 15) is 0 Å². The molecule has 16 rings (SSSR count). The molecular weight excluding hydrogens is 877 g/mol. The molecule has 0 saturated heterocycles. The van der Waals surface area contributed by atoms with E-state index in [1.165, 1.54) is 109 Å². The summed E-state index contributed by atoms with van der Waals surface area (Å²) in [5.74, 6) is 0. The van der Waals surface area contributed by atoms with Gasteiger partial charge in [-0.25, -0.2) is 0 Å². The van der Waals surface area contributed by atoms with Crippen molar-refractivity contribution in [3.05, 3.63) is 299 Å². The molecule has 0 fully saturated rings. The molecule has 0 amide bonds. The van der Waals surface area contributed by atoms with Crippen molar-refractivity contribution in [2.24, 2.45) is 0 Å². The van der Waals surface area contributed by atoms with E-state index in [1.54, 1.807) is 0 Å². The first-order chi connectivity index (χ1) is 35.2. The molecule has 71 heavy (non-hydrogen) atoms. The lowest BCUT2D eigenvalue weighted by Gasteiger charge is -2.44. The largest absolute Gasteiger partial charge is 0.310 e. The average Bonchev–Trinajstić information content (AvgIpc) is 4.15. The molecule has 1 atom stereocenters. The summed E-state index contributed by atoms with van der Waals surface area (Å²) in [6, 6.07) is 96.1. The standard InChI is InChI=1S/C68H42N2S/c1-3-18-43(19-4-1)67-59-30-14-15-31-62(59)70(44-20-5-2-6-21-44)63-32-17-26-55(66(63)67)52-38-35-45(40-60(52)67)69(47-36-39-54-53-25-10-16-33-64(53)71-65(54)42-47)46-34-37-51-50-24-9-13-29-58(50)68(61(51)41-46)56-27-11-7-22-48(56)49-23-8-12-28-57(49)68/h1-42H. The van der Waals surface area contributed by atoms with E-state index in [4.69, 9.17) is 0 Å². The van der Waals surface area contributed by atoms with Crippen LogP contribution in [0.5, 0.6) is 0 Å². The summed E-state index contributed by atoms with van der Waals surface area (Å²) in [6.45, 7) is 0. The number of fused-ring (bicyclic) bond motifs is 18. The predicted molar refractivity (Wildman–Crippen MR) is 296 cm³/mol. The van der Waals surface area contributed by atoms with E-state index in [1.807, 2.05) is 11.3 Å². The van der Waals surface area contributed by atoms with Gasteiger partial charge in [-0.05, 0) is 139 Å². The minimum atomic E-state index is -0.595. The van der Waals surface area contributed by atoms with Gasteiger partial charge >= 0.3 is 0 Å². The van der Waals surface area contributed by atoms with E-state index < -0.39 is 10.8 Å². The Hall–Kier alpha value is -8.76. The Balaban J connectivity index is 0.980. The molecule has 330 valence electrons. The summed E-state index contributed by atoms with van der Waals surface area (Å²) in [5.41, 5.74) is 24.1. The Morgan fingerprint density at radius 3 is 1.48 bits per heavy atom. The molecule has 1 unspecified atom stereocenters. The van der Waals surface area contributed by atoms with Crippen LogP contribution in [0.25, 0.3) is 53.6 Å². The van der Waals surface area contributed by atoms with Gasteiger partial charge in [-0.2, -0.15) is 0 Å². The second-order valence-corrected chi connectivity index (χ2v) is 20.5. The third-order valence-corrected chi connectivity index (χ3v) is 17.4. The number of thiophene rings is 1. The molecule has 3 heteroatoms. The highest BCUT2D eigenvalue weighted by Gasteiger charge is 2.54. The van der Waals surface area contributed by atoms with Crippen molar-refractivity contribution in [1.82, 2.24) is 0 Å². The third-order valence-electron chi connectivity index (χ3n) is 16.2. The van der Waals surface area contributed by atoms with Crippen molar-refractivity contribution in [3.63, 3.8) is 0 Å². The van der Waals surface area contributed by atoms with Crippen molar-refractivity contribution in [3.8, 4) is 33.4 Å². The summed E-state index contributed by atoms with van der Waals surface area (Å²) in [7, 11) is 0. The van der Waals surface area contributed by atoms with Crippen LogP contribution in [0.4, 0.5) is 34.1 Å². The molecule has 1 aromatic heterocycles. The van der Waals surface area contributed by atoms with Gasteiger partial charge in [0, 0.05) is 48.5 Å². The van der Waals surface area contributed by atoms with Crippen LogP contribution in [0.15, 0.2) is 255 Å². The first-order valence-corrected chi connectivity index (χ1v) is 25.5. The molecular formula is C68H42N2S. The zero-order valence-electron chi connectivity index (χ0n) is 38.6. The van der Waals surface area contributed by atoms with E-state index in [-0.39, 0.29) is 0 Å². The second kappa shape index (κ2) is 14.4. The minimum absolute atomic E-state index is 0.472. The highest BCUT2D eigenvalue weighted by molar-refractivity contribution is 7.25. The lowest BCUT2D eigenvalue weighted by atomic mass is 9.65. The van der Waals surface area contributed by atoms with Gasteiger partial charge in [0.15, 0.2) is 0 Å². The van der Waals surface area contributed by atoms with E-state index in [2.05, 4.69) is 265 Å². The Morgan fingerprint density at radius 2 is 0.789 bits per heavy atom. The smallest absolute Gasteiger partial charge is 0.0755 e. The molecule has 1 spiro atoms. The monoisotopic (exact) mass is 918 g/mol. The van der Waals surface area contributed by atoms with Gasteiger partial charge in [-0.3, -0.25) is 0 Å². The maximum atomic E-state index is 2.54. The van der Waals surface area contributed by atoms with Gasteiger partial charge in [0.25, 0.3) is 0 Å². The van der Waals surface area contributed by atoms with Gasteiger partial charge in [0.05, 0.1) is 22.2 Å². The van der Waals surface area contributed by atoms with Crippen LogP contribution >= 0.6 is 11.3 Å². The van der Waals surface area contributed by atoms with Gasteiger partial charge in [-0.1, -0.05) is 188 Å². The first kappa shape index (κ1) is 39.1. The Kier molecular flexibility index (Phi) is 7.93. The van der Waals surface area contributed by atoms with E-state index in [0.717, 1.165) is 22.7 Å². The molecule has 4 aliphatic rings. The third kappa shape index (κ3) is 5.00. The number of nitrogens with zero attached hydrogens (tertiary/aromatic N) is 2. The van der Waals surface area contributed by atoms with Gasteiger partial charge in [0.2, 0.25) is 0 Å². The van der Waals surface area contributed by atoms with Gasteiger partial charge in [0.1, 0.15) is 0 Å². The van der Waals surface area contributed by atoms with Crippen molar-refractivity contribution in [2.75, 3.05) is 9.80 Å². The molecule has 0 radical (unpaired) electrons. The second-order valence-electron chi connectivity index (χ2n) is 19.5. The minimum Gasteiger partial charge on any atom is -0.310 e. The van der Waals surface area contributed by atoms with Crippen LogP contribution < -0.4 is 9.80 Å². The van der Waals surface area contributed by atoms with Crippen molar-refractivity contribution in [2.45, 2.75) is 10.8 Å². The van der Waals surface area contributed by atoms with Crippen LogP contribution in [-0.4, -0.2) is 0 Å². The van der Waals surface area contributed by atoms with Crippen molar-refractivity contribution in [1.29, 1.82) is 0 Å². The number of anilines is 6. The number of hydrogen-bond donors (Lipinski definition) is 0. The fourth-order valence-electron chi connectivity index (χ4n) is 13.6. The molecule has 0 bridgehead atoms. The normalized spacial score (nSPS) is 15.7. The molecule has 1 aliphatic heterocycles. The molecule has 2 heterocycles. The molecule has 2 nitrogen and oxygen atoms in total. The van der Waals surface area contributed by atoms with Crippen LogP contribution in [0.1, 0.15) is 44.5 Å². The van der Waals surface area contributed by atoms with Gasteiger partial charge < -0.3 is 9.80 Å². The highest BCUT2D eigenvalue weighted by atomic mass is 32.1. The summed E-state index contributed by atoms with van der Waals surface area (Å²) >= 11 is 1.88. The van der Waals surface area contributed by atoms with E-state index in [0.29, 0.717) is 0 Å². The summed E-state index contributed by atoms with van der Waals surface area (Å²) in [4.78, 5) is 5.02. The summed E-state index contributed by atoms with van der Waals surface area (Å²) < 4.78 is 2.58. The van der Waals surface area contributed by atoms with E-state index >= 15 is 0 Å². The van der Waals surface area contributed by atoms with Crippen molar-refractivity contribution >= 4 is 65.6 Å². The SMILES string of the molecule is c1ccc(N2c3ccccc3C3(c4ccccc4)c4cc(N(c5ccc6c(c5)C5(c7ccccc7-c7ccccc75)c5ccccc5-6)c5ccc6c(c5)sc5ccccc56)ccc4-c4cccc2c43)cc1. The van der Waals surface area contributed by atoms with Crippen molar-refractivity contribution < 1.29 is 0 Å². The van der Waals surface area contributed by atoms with Crippen LogP contribution in [0.3, 0.4) is 0 Å². The number of hydrogen-bond acceptors (Lipinski definition) is 3.